The minimum Gasteiger partial charge on any atom is -0.444 e. The van der Waals surface area contributed by atoms with E-state index in [0.29, 0.717) is 46.5 Å². The van der Waals surface area contributed by atoms with E-state index in [0.717, 1.165) is 0 Å². The average molecular weight is 474 g/mol. The van der Waals surface area contributed by atoms with Crippen molar-refractivity contribution in [1.29, 1.82) is 0 Å². The van der Waals surface area contributed by atoms with Crippen molar-refractivity contribution in [2.45, 2.75) is 51.4 Å². The van der Waals surface area contributed by atoms with E-state index in [1.54, 1.807) is 9.58 Å². The number of nitrogens with two attached hydrogens (primary N) is 1. The van der Waals surface area contributed by atoms with Crippen LogP contribution in [0.2, 0.25) is 0 Å². The van der Waals surface area contributed by atoms with Crippen molar-refractivity contribution in [3.05, 3.63) is 10.0 Å². The predicted molar refractivity (Wildman–Crippen MR) is 104 cm³/mol. The van der Waals surface area contributed by atoms with E-state index in [2.05, 4.69) is 37.7 Å². The molecule has 2 aromatic rings. The molecule has 1 aliphatic rings. The third-order valence-electron chi connectivity index (χ3n) is 4.31. The largest absolute Gasteiger partial charge is 0.444 e. The third-order valence-corrected chi connectivity index (χ3v) is 5.06. The van der Waals surface area contributed by atoms with Crippen molar-refractivity contribution in [3.63, 3.8) is 0 Å². The normalized spacial score (nSPS) is 17.5. The molecule has 9 nitrogen and oxygen atoms in total. The molecule has 0 atom stereocenters. The van der Waals surface area contributed by atoms with Crippen molar-refractivity contribution < 1.29 is 14.6 Å². The van der Waals surface area contributed by atoms with Gasteiger partial charge < -0.3 is 20.5 Å². The van der Waals surface area contributed by atoms with Crippen LogP contribution in [0.3, 0.4) is 0 Å². The van der Waals surface area contributed by atoms with Gasteiger partial charge in [-0.25, -0.2) is 19.4 Å². The van der Waals surface area contributed by atoms with Crippen LogP contribution in [0, 0.1) is 3.70 Å². The highest BCUT2D eigenvalue weighted by atomic mass is 127. The highest BCUT2D eigenvalue weighted by Crippen LogP contribution is 2.28. The van der Waals surface area contributed by atoms with E-state index in [4.69, 9.17) is 10.5 Å². The summed E-state index contributed by atoms with van der Waals surface area (Å²) in [5.74, 6) is 0.373. The second kappa shape index (κ2) is 6.80. The molecule has 1 fully saturated rings. The van der Waals surface area contributed by atoms with Gasteiger partial charge in [-0.15, -0.1) is 0 Å². The van der Waals surface area contributed by atoms with Crippen LogP contribution < -0.4 is 5.73 Å². The maximum Gasteiger partial charge on any atom is 0.410 e. The molecule has 1 amide bonds. The zero-order valence-corrected chi connectivity index (χ0v) is 17.2. The number of halogens is 1. The van der Waals surface area contributed by atoms with Crippen molar-refractivity contribution >= 4 is 45.5 Å². The molecule has 1 aliphatic heterocycles. The lowest BCUT2D eigenvalue weighted by molar-refractivity contribution is -0.0426. The Bertz CT molecular complexity index is 823. The van der Waals surface area contributed by atoms with Crippen LogP contribution in [0.25, 0.3) is 11.0 Å². The number of hydrogen-bond acceptors (Lipinski definition) is 7. The van der Waals surface area contributed by atoms with Crippen molar-refractivity contribution in [1.82, 2.24) is 24.6 Å². The Hall–Kier alpha value is -1.69. The first-order valence-corrected chi connectivity index (χ1v) is 9.49. The number of carbonyl (C=O) groups is 1. The van der Waals surface area contributed by atoms with Gasteiger partial charge in [0.15, 0.2) is 5.65 Å². The Morgan fingerprint density at radius 2 is 2.04 bits per heavy atom. The van der Waals surface area contributed by atoms with E-state index < -0.39 is 11.2 Å². The van der Waals surface area contributed by atoms with Crippen LogP contribution in [-0.4, -0.2) is 60.1 Å². The van der Waals surface area contributed by atoms with E-state index in [1.165, 1.54) is 6.33 Å². The molecule has 3 rings (SSSR count). The fourth-order valence-corrected chi connectivity index (χ4v) is 3.74. The summed E-state index contributed by atoms with van der Waals surface area (Å²) in [6.45, 7) is 6.65. The van der Waals surface area contributed by atoms with Crippen LogP contribution >= 0.6 is 22.6 Å². The molecule has 26 heavy (non-hydrogen) atoms. The van der Waals surface area contributed by atoms with Gasteiger partial charge in [0, 0.05) is 13.1 Å². The number of carbonyl (C=O) groups excluding carboxylic acids is 1. The van der Waals surface area contributed by atoms with Crippen LogP contribution in [-0.2, 0) is 11.3 Å². The van der Waals surface area contributed by atoms with Gasteiger partial charge in [0.25, 0.3) is 0 Å². The number of rotatable bonds is 2. The number of ether oxygens (including phenoxy) is 1. The molecular formula is C16H23IN6O3. The highest BCUT2D eigenvalue weighted by Gasteiger charge is 2.36. The summed E-state index contributed by atoms with van der Waals surface area (Å²) in [6, 6.07) is 0. The summed E-state index contributed by atoms with van der Waals surface area (Å²) >= 11 is 2.08. The number of hydrogen-bond donors (Lipinski definition) is 2. The Kier molecular flexibility index (Phi) is 4.99. The maximum absolute atomic E-state index is 12.2. The average Bonchev–Trinajstić information content (AvgIpc) is 2.83. The number of fused-ring (bicyclic) bond motifs is 1. The number of anilines is 1. The number of nitrogens with zero attached hydrogens (tertiary/aromatic N) is 5. The molecule has 0 aromatic carbocycles. The minimum atomic E-state index is -0.972. The highest BCUT2D eigenvalue weighted by molar-refractivity contribution is 14.1. The maximum atomic E-state index is 12.2. The van der Waals surface area contributed by atoms with E-state index in [1.807, 2.05) is 20.8 Å². The number of amides is 1. The summed E-state index contributed by atoms with van der Waals surface area (Å²) < 4.78 is 7.76. The summed E-state index contributed by atoms with van der Waals surface area (Å²) in [5, 5.41) is 16.1. The lowest BCUT2D eigenvalue weighted by atomic mass is 9.91. The summed E-state index contributed by atoms with van der Waals surface area (Å²) in [5.41, 5.74) is 5.01. The van der Waals surface area contributed by atoms with E-state index in [-0.39, 0.29) is 12.6 Å². The summed E-state index contributed by atoms with van der Waals surface area (Å²) in [7, 11) is 0. The molecule has 2 aromatic heterocycles. The molecule has 0 unspecified atom stereocenters. The molecular weight excluding hydrogens is 451 g/mol. The molecule has 3 N–H and O–H groups in total. The lowest BCUT2D eigenvalue weighted by Crippen LogP contribution is -2.49. The van der Waals surface area contributed by atoms with Gasteiger partial charge in [0.1, 0.15) is 21.4 Å². The Labute approximate surface area is 165 Å². The Morgan fingerprint density at radius 3 is 2.65 bits per heavy atom. The van der Waals surface area contributed by atoms with Crippen LogP contribution in [0.15, 0.2) is 6.33 Å². The van der Waals surface area contributed by atoms with Gasteiger partial charge in [-0.1, -0.05) is 0 Å². The topological polar surface area (TPSA) is 119 Å². The quantitative estimate of drug-likeness (QED) is 0.637. The monoisotopic (exact) mass is 474 g/mol. The molecule has 0 radical (unpaired) electrons. The van der Waals surface area contributed by atoms with Crippen LogP contribution in [0.5, 0.6) is 0 Å². The summed E-state index contributed by atoms with van der Waals surface area (Å²) in [6.07, 6.45) is 1.91. The second-order valence-electron chi connectivity index (χ2n) is 7.60. The smallest absolute Gasteiger partial charge is 0.410 e. The van der Waals surface area contributed by atoms with Crippen molar-refractivity contribution in [2.75, 3.05) is 18.8 Å². The third kappa shape index (κ3) is 4.00. The molecule has 3 heterocycles. The number of nitrogen functional groups attached to an aromatic ring is 1. The number of aliphatic hydroxyl groups is 1. The standard InChI is InChI=1S/C16H23IN6O3/c1-15(2,3)26-14(24)22-6-4-16(25,5-7-22)8-23-13-10(11(17)21-23)12(18)19-9-20-13/h9,25H,4-8H2,1-3H3,(H2,18,19,20). The molecule has 142 valence electrons. The van der Waals surface area contributed by atoms with E-state index in [9.17, 15) is 9.90 Å². The van der Waals surface area contributed by atoms with Crippen molar-refractivity contribution in [3.8, 4) is 0 Å². The second-order valence-corrected chi connectivity index (χ2v) is 8.62. The number of aromatic nitrogens is 4. The molecule has 0 aliphatic carbocycles. The zero-order valence-electron chi connectivity index (χ0n) is 15.1. The zero-order chi connectivity index (χ0) is 19.1. The lowest BCUT2D eigenvalue weighted by Gasteiger charge is -2.38. The van der Waals surface area contributed by atoms with Gasteiger partial charge in [-0.3, -0.25) is 0 Å². The van der Waals surface area contributed by atoms with E-state index >= 15 is 0 Å². The van der Waals surface area contributed by atoms with Crippen LogP contribution in [0.1, 0.15) is 33.6 Å². The van der Waals surface area contributed by atoms with Gasteiger partial charge >= 0.3 is 6.09 Å². The van der Waals surface area contributed by atoms with Crippen molar-refractivity contribution in [2.24, 2.45) is 0 Å². The molecule has 0 saturated carbocycles. The number of piperidine rings is 1. The molecule has 10 heteroatoms. The van der Waals surface area contributed by atoms with Gasteiger partial charge in [0.05, 0.1) is 17.5 Å². The molecule has 0 spiro atoms. The first kappa shape index (κ1) is 19.1. The first-order chi connectivity index (χ1) is 12.1. The Balaban J connectivity index is 1.71. The van der Waals surface area contributed by atoms with Gasteiger partial charge in [0.2, 0.25) is 0 Å². The van der Waals surface area contributed by atoms with Gasteiger partial charge in [-0.2, -0.15) is 5.10 Å². The SMILES string of the molecule is CC(C)(C)OC(=O)N1CCC(O)(Cn2nc(I)c3c(N)ncnc32)CC1. The summed E-state index contributed by atoms with van der Waals surface area (Å²) in [4.78, 5) is 22.0. The Morgan fingerprint density at radius 1 is 1.38 bits per heavy atom. The fourth-order valence-electron chi connectivity index (χ4n) is 2.97. The fraction of sp³-hybridized carbons (Fsp3) is 0.625. The molecule has 1 saturated heterocycles. The first-order valence-electron chi connectivity index (χ1n) is 8.41. The molecule has 0 bridgehead atoms. The van der Waals surface area contributed by atoms with Gasteiger partial charge in [-0.05, 0) is 56.2 Å². The predicted octanol–water partition coefficient (Wildman–Crippen LogP) is 1.78. The number of likely N-dealkylation sites (tertiary alicyclic amines) is 1. The minimum absolute atomic E-state index is 0.283. The van der Waals surface area contributed by atoms with Crippen LogP contribution in [0.4, 0.5) is 10.6 Å².